The number of aryl methyl sites for hydroxylation is 1. The fraction of sp³-hybridized carbons (Fsp3) is 0.400. The number of carbonyl (C=O) groups excluding carboxylic acids is 4. The van der Waals surface area contributed by atoms with Crippen LogP contribution in [-0.4, -0.2) is 57.0 Å². The second-order valence-corrected chi connectivity index (χ2v) is 8.13. The molecular weight excluding hydrogens is 420 g/mol. The summed E-state index contributed by atoms with van der Waals surface area (Å²) in [5.41, 5.74) is 1.12. The summed E-state index contributed by atoms with van der Waals surface area (Å²) in [4.78, 5) is 54.7. The molecule has 0 saturated carbocycles. The normalized spacial score (nSPS) is 18.2. The van der Waals surface area contributed by atoms with Crippen LogP contribution in [-0.2, 0) is 9.59 Å². The van der Waals surface area contributed by atoms with Gasteiger partial charge in [-0.25, -0.2) is 4.98 Å². The summed E-state index contributed by atoms with van der Waals surface area (Å²) in [5.74, 6) is -1.27. The highest BCUT2D eigenvalue weighted by molar-refractivity contribution is 7.09. The fourth-order valence-electron chi connectivity index (χ4n) is 3.70. The summed E-state index contributed by atoms with van der Waals surface area (Å²) in [6, 6.07) is 4.08. The minimum Gasteiger partial charge on any atom is -0.384 e. The highest BCUT2D eigenvalue weighted by Crippen LogP contribution is 2.32. The van der Waals surface area contributed by atoms with E-state index in [0.717, 1.165) is 35.2 Å². The van der Waals surface area contributed by atoms with Gasteiger partial charge in [0.2, 0.25) is 16.9 Å². The van der Waals surface area contributed by atoms with Crippen LogP contribution in [0.3, 0.4) is 0 Å². The molecule has 3 heterocycles. The molecule has 11 heteroatoms. The first-order valence-electron chi connectivity index (χ1n) is 10.1. The van der Waals surface area contributed by atoms with Crippen LogP contribution in [0.1, 0.15) is 52.2 Å². The molecule has 4 amide bonds. The first kappa shape index (κ1) is 20.9. The Hall–Kier alpha value is -3.34. The van der Waals surface area contributed by atoms with Crippen LogP contribution in [0.4, 0.5) is 10.8 Å². The van der Waals surface area contributed by atoms with Gasteiger partial charge in [-0.15, -0.1) is 0 Å². The van der Waals surface area contributed by atoms with Gasteiger partial charge in [-0.3, -0.25) is 29.4 Å². The molecule has 162 valence electrons. The van der Waals surface area contributed by atoms with Crippen molar-refractivity contribution in [2.24, 2.45) is 0 Å². The number of nitrogens with zero attached hydrogens (tertiary/aromatic N) is 3. The van der Waals surface area contributed by atoms with Gasteiger partial charge in [-0.05, 0) is 38.3 Å². The zero-order valence-corrected chi connectivity index (χ0v) is 17.8. The van der Waals surface area contributed by atoms with E-state index in [0.29, 0.717) is 12.2 Å². The Bertz CT molecular complexity index is 1050. The van der Waals surface area contributed by atoms with E-state index in [1.54, 1.807) is 18.2 Å². The van der Waals surface area contributed by atoms with E-state index in [-0.39, 0.29) is 24.0 Å². The molecule has 4 rings (SSSR count). The van der Waals surface area contributed by atoms with Crippen LogP contribution in [0.25, 0.3) is 0 Å². The molecular formula is C20H22N6O4S. The van der Waals surface area contributed by atoms with E-state index in [4.69, 9.17) is 0 Å². The minimum absolute atomic E-state index is 0.0968. The Labute approximate surface area is 182 Å². The van der Waals surface area contributed by atoms with Crippen LogP contribution < -0.4 is 16.0 Å². The molecule has 1 aromatic heterocycles. The van der Waals surface area contributed by atoms with Crippen molar-refractivity contribution in [1.82, 2.24) is 19.6 Å². The predicted molar refractivity (Wildman–Crippen MR) is 114 cm³/mol. The van der Waals surface area contributed by atoms with Gasteiger partial charge in [-0.1, -0.05) is 6.07 Å². The highest BCUT2D eigenvalue weighted by atomic mass is 32.1. The van der Waals surface area contributed by atoms with Crippen LogP contribution >= 0.6 is 11.5 Å². The number of carbonyl (C=O) groups is 4. The summed E-state index contributed by atoms with van der Waals surface area (Å²) in [5, 5.41) is 9.45. The first-order chi connectivity index (χ1) is 15.0. The van der Waals surface area contributed by atoms with Crippen LogP contribution in [0.5, 0.6) is 0 Å². The van der Waals surface area contributed by atoms with Gasteiger partial charge in [-0.2, -0.15) is 4.37 Å². The third-order valence-electron chi connectivity index (χ3n) is 5.19. The second-order valence-electron chi connectivity index (χ2n) is 7.38. The number of fused-ring (bicyclic) bond motifs is 1. The standard InChI is InChI=1S/C20H22N6O4S/c1-11-23-20(31-25-11)22-10-3-2-9-21-13-6-4-5-12-16(13)19(30)26(18(12)29)14-7-8-15(27)24-17(14)28/h4-6,14,21H,2-3,7-10H2,1H3,(H,22,23,25)(H,24,27,28). The van der Waals surface area contributed by atoms with E-state index in [1.165, 1.54) is 11.5 Å². The van der Waals surface area contributed by atoms with E-state index in [2.05, 4.69) is 25.3 Å². The van der Waals surface area contributed by atoms with E-state index in [9.17, 15) is 19.2 Å². The van der Waals surface area contributed by atoms with Gasteiger partial charge in [0.15, 0.2) is 0 Å². The highest BCUT2D eigenvalue weighted by Gasteiger charge is 2.45. The molecule has 0 aliphatic carbocycles. The Morgan fingerprint density at radius 2 is 1.90 bits per heavy atom. The maximum atomic E-state index is 13.0. The molecule has 1 atom stereocenters. The Morgan fingerprint density at radius 3 is 2.61 bits per heavy atom. The topological polar surface area (TPSA) is 133 Å². The zero-order chi connectivity index (χ0) is 22.0. The number of hydrogen-bond donors (Lipinski definition) is 3. The van der Waals surface area contributed by atoms with Crippen molar-refractivity contribution >= 4 is 46.0 Å². The maximum absolute atomic E-state index is 13.0. The molecule has 1 saturated heterocycles. The summed E-state index contributed by atoms with van der Waals surface area (Å²) in [6.45, 7) is 3.22. The molecule has 2 aliphatic rings. The predicted octanol–water partition coefficient (Wildman–Crippen LogP) is 1.55. The van der Waals surface area contributed by atoms with Crippen LogP contribution in [0.2, 0.25) is 0 Å². The molecule has 10 nitrogen and oxygen atoms in total. The van der Waals surface area contributed by atoms with Gasteiger partial charge in [0.25, 0.3) is 11.8 Å². The quantitative estimate of drug-likeness (QED) is 0.414. The lowest BCUT2D eigenvalue weighted by Crippen LogP contribution is -2.54. The van der Waals surface area contributed by atoms with E-state index >= 15 is 0 Å². The lowest BCUT2D eigenvalue weighted by molar-refractivity contribution is -0.136. The number of rotatable bonds is 8. The Kier molecular flexibility index (Phi) is 5.94. The molecule has 2 aromatic rings. The van der Waals surface area contributed by atoms with Crippen LogP contribution in [0, 0.1) is 6.92 Å². The third kappa shape index (κ3) is 4.26. The third-order valence-corrected chi connectivity index (χ3v) is 5.95. The van der Waals surface area contributed by atoms with Crippen molar-refractivity contribution in [1.29, 1.82) is 0 Å². The minimum atomic E-state index is -0.965. The summed E-state index contributed by atoms with van der Waals surface area (Å²) in [7, 11) is 0. The molecule has 1 aromatic carbocycles. The number of nitrogens with one attached hydrogen (secondary N) is 3. The number of anilines is 2. The molecule has 1 unspecified atom stereocenters. The number of aromatic nitrogens is 2. The number of benzene rings is 1. The number of imide groups is 2. The summed E-state index contributed by atoms with van der Waals surface area (Å²) in [6.07, 6.45) is 1.96. The van der Waals surface area contributed by atoms with Gasteiger partial charge in [0.1, 0.15) is 11.9 Å². The molecule has 3 N–H and O–H groups in total. The Balaban J connectivity index is 1.36. The van der Waals surface area contributed by atoms with Gasteiger partial charge in [0, 0.05) is 36.7 Å². The lowest BCUT2D eigenvalue weighted by Gasteiger charge is -2.27. The second kappa shape index (κ2) is 8.80. The van der Waals surface area contributed by atoms with Gasteiger partial charge in [0.05, 0.1) is 11.1 Å². The molecule has 0 spiro atoms. The summed E-state index contributed by atoms with van der Waals surface area (Å²) >= 11 is 1.33. The molecule has 0 radical (unpaired) electrons. The smallest absolute Gasteiger partial charge is 0.264 e. The van der Waals surface area contributed by atoms with Crippen molar-refractivity contribution in [3.05, 3.63) is 35.2 Å². The molecule has 1 fully saturated rings. The number of piperidine rings is 1. The van der Waals surface area contributed by atoms with Crippen molar-refractivity contribution in [2.75, 3.05) is 23.7 Å². The molecule has 0 bridgehead atoms. The average molecular weight is 443 g/mol. The number of hydrogen-bond acceptors (Lipinski definition) is 9. The van der Waals surface area contributed by atoms with Crippen molar-refractivity contribution in [3.8, 4) is 0 Å². The van der Waals surface area contributed by atoms with E-state index in [1.807, 2.05) is 6.92 Å². The van der Waals surface area contributed by atoms with Crippen molar-refractivity contribution in [3.63, 3.8) is 0 Å². The largest absolute Gasteiger partial charge is 0.384 e. The Morgan fingerprint density at radius 1 is 1.13 bits per heavy atom. The number of unbranched alkanes of at least 4 members (excludes halogenated alkanes) is 1. The lowest BCUT2D eigenvalue weighted by atomic mass is 10.0. The van der Waals surface area contributed by atoms with Crippen molar-refractivity contribution in [2.45, 2.75) is 38.6 Å². The van der Waals surface area contributed by atoms with Crippen LogP contribution in [0.15, 0.2) is 18.2 Å². The average Bonchev–Trinajstić information content (AvgIpc) is 3.26. The molecule has 31 heavy (non-hydrogen) atoms. The zero-order valence-electron chi connectivity index (χ0n) is 16.9. The fourth-order valence-corrected chi connectivity index (χ4v) is 4.30. The SMILES string of the molecule is Cc1nsc(NCCCCNc2cccc3c2C(=O)N(C2CCC(=O)NC2=O)C3=O)n1. The molecule has 2 aliphatic heterocycles. The maximum Gasteiger partial charge on any atom is 0.264 e. The van der Waals surface area contributed by atoms with E-state index < -0.39 is 29.7 Å². The van der Waals surface area contributed by atoms with Gasteiger partial charge < -0.3 is 10.6 Å². The first-order valence-corrected chi connectivity index (χ1v) is 10.9. The van der Waals surface area contributed by atoms with Crippen molar-refractivity contribution < 1.29 is 19.2 Å². The van der Waals surface area contributed by atoms with Gasteiger partial charge >= 0.3 is 0 Å². The monoisotopic (exact) mass is 442 g/mol. The number of amides is 4. The summed E-state index contributed by atoms with van der Waals surface area (Å²) < 4.78 is 4.12.